The molecule has 1 rings (SSSR count). The fourth-order valence-electron chi connectivity index (χ4n) is 1.32. The van der Waals surface area contributed by atoms with E-state index >= 15 is 0 Å². The van der Waals surface area contributed by atoms with Gasteiger partial charge in [-0.1, -0.05) is 43.8 Å². The Balaban J connectivity index is 2.48. The first-order chi connectivity index (χ1) is 6.74. The maximum atomic E-state index is 9.49. The van der Waals surface area contributed by atoms with Crippen molar-refractivity contribution in [1.29, 1.82) is 0 Å². The van der Waals surface area contributed by atoms with Crippen LogP contribution in [0.25, 0.3) is 0 Å². The number of hydrogen-bond donors (Lipinski definition) is 1. The van der Waals surface area contributed by atoms with Crippen LogP contribution in [-0.4, -0.2) is 11.4 Å². The van der Waals surface area contributed by atoms with Gasteiger partial charge in [-0.15, -0.1) is 0 Å². The summed E-state index contributed by atoms with van der Waals surface area (Å²) in [6.45, 7) is 5.35. The van der Waals surface area contributed by atoms with E-state index in [1.165, 1.54) is 11.8 Å². The molecule has 0 aliphatic heterocycles. The topological polar surface area (TPSA) is 29.5 Å². The lowest BCUT2D eigenvalue weighted by Crippen LogP contribution is -2.20. The van der Waals surface area contributed by atoms with Gasteiger partial charge in [0.1, 0.15) is 0 Å². The molecule has 1 N–H and O–H groups in total. The van der Waals surface area contributed by atoms with Crippen molar-refractivity contribution in [3.8, 4) is 0 Å². The zero-order valence-corrected chi connectivity index (χ0v) is 8.39. The normalized spacial score (nSPS) is 14.4. The monoisotopic (exact) mass is 192 g/mol. The van der Waals surface area contributed by atoms with Crippen molar-refractivity contribution in [2.24, 2.45) is 5.92 Å². The standard InChI is InChI=1S/C12H16O2/c1-3-14-12(13)10(2)9-11-7-5-4-6-8-11/h3-8,10,12-13H,1,9H2,2H3/t10?,12-/m0/s1. The Bertz CT molecular complexity index is 269. The van der Waals surface area contributed by atoms with Gasteiger partial charge in [0.05, 0.1) is 6.26 Å². The Kier molecular flexibility index (Phi) is 4.20. The van der Waals surface area contributed by atoms with Gasteiger partial charge in [-0.2, -0.15) is 0 Å². The quantitative estimate of drug-likeness (QED) is 0.573. The smallest absolute Gasteiger partial charge is 0.199 e. The summed E-state index contributed by atoms with van der Waals surface area (Å²) in [5.41, 5.74) is 1.20. The number of rotatable bonds is 5. The molecule has 2 nitrogen and oxygen atoms in total. The molecular weight excluding hydrogens is 176 g/mol. The van der Waals surface area contributed by atoms with Gasteiger partial charge in [0.2, 0.25) is 0 Å². The Morgan fingerprint density at radius 1 is 1.43 bits per heavy atom. The number of benzene rings is 1. The number of aliphatic hydroxyl groups excluding tert-OH is 1. The molecule has 2 atom stereocenters. The van der Waals surface area contributed by atoms with Crippen LogP contribution in [0, 0.1) is 5.92 Å². The maximum absolute atomic E-state index is 9.49. The summed E-state index contributed by atoms with van der Waals surface area (Å²) >= 11 is 0. The first-order valence-electron chi connectivity index (χ1n) is 4.72. The van der Waals surface area contributed by atoms with Crippen molar-refractivity contribution in [1.82, 2.24) is 0 Å². The molecule has 0 aliphatic carbocycles. The molecular formula is C12H16O2. The molecule has 0 saturated heterocycles. The second-order valence-corrected chi connectivity index (χ2v) is 3.36. The first kappa shape index (κ1) is 10.8. The molecule has 2 heteroatoms. The Hall–Kier alpha value is -1.28. The highest BCUT2D eigenvalue weighted by Crippen LogP contribution is 2.12. The van der Waals surface area contributed by atoms with Crippen molar-refractivity contribution in [3.63, 3.8) is 0 Å². The molecule has 1 aromatic rings. The minimum absolute atomic E-state index is 0.0652. The highest BCUT2D eigenvalue weighted by molar-refractivity contribution is 5.15. The minimum Gasteiger partial charge on any atom is -0.473 e. The molecule has 0 fully saturated rings. The molecule has 0 heterocycles. The van der Waals surface area contributed by atoms with E-state index in [1.54, 1.807) is 0 Å². The molecule has 14 heavy (non-hydrogen) atoms. The molecule has 0 spiro atoms. The van der Waals surface area contributed by atoms with Gasteiger partial charge in [0.15, 0.2) is 6.29 Å². The van der Waals surface area contributed by atoms with Crippen molar-refractivity contribution >= 4 is 0 Å². The van der Waals surface area contributed by atoms with Crippen LogP contribution in [0.2, 0.25) is 0 Å². The zero-order chi connectivity index (χ0) is 10.4. The van der Waals surface area contributed by atoms with Gasteiger partial charge in [0, 0.05) is 5.92 Å². The van der Waals surface area contributed by atoms with Crippen LogP contribution in [-0.2, 0) is 11.2 Å². The number of aliphatic hydroxyl groups is 1. The van der Waals surface area contributed by atoms with Crippen molar-refractivity contribution in [2.75, 3.05) is 0 Å². The average Bonchev–Trinajstić information content (AvgIpc) is 2.19. The molecule has 0 bridgehead atoms. The van der Waals surface area contributed by atoms with E-state index in [-0.39, 0.29) is 5.92 Å². The lowest BCUT2D eigenvalue weighted by molar-refractivity contribution is -0.0868. The Morgan fingerprint density at radius 3 is 2.64 bits per heavy atom. The largest absolute Gasteiger partial charge is 0.473 e. The maximum Gasteiger partial charge on any atom is 0.199 e. The summed E-state index contributed by atoms with van der Waals surface area (Å²) in [6, 6.07) is 10.0. The van der Waals surface area contributed by atoms with E-state index in [4.69, 9.17) is 4.74 Å². The predicted molar refractivity (Wildman–Crippen MR) is 56.6 cm³/mol. The summed E-state index contributed by atoms with van der Waals surface area (Å²) in [4.78, 5) is 0. The molecule has 0 saturated carbocycles. The molecule has 0 aliphatic rings. The van der Waals surface area contributed by atoms with E-state index in [0.717, 1.165) is 6.42 Å². The van der Waals surface area contributed by atoms with Crippen LogP contribution in [0.1, 0.15) is 12.5 Å². The highest BCUT2D eigenvalue weighted by Gasteiger charge is 2.14. The van der Waals surface area contributed by atoms with Gasteiger partial charge in [-0.25, -0.2) is 0 Å². The lowest BCUT2D eigenvalue weighted by atomic mass is 10.0. The minimum atomic E-state index is -0.771. The fourth-order valence-corrected chi connectivity index (χ4v) is 1.32. The van der Waals surface area contributed by atoms with E-state index < -0.39 is 6.29 Å². The predicted octanol–water partition coefficient (Wildman–Crippen LogP) is 2.34. The SMILES string of the molecule is C=CO[C@H](O)C(C)Cc1ccccc1. The van der Waals surface area contributed by atoms with Crippen LogP contribution in [0.4, 0.5) is 0 Å². The summed E-state index contributed by atoms with van der Waals surface area (Å²) in [6.07, 6.45) is 1.30. The van der Waals surface area contributed by atoms with Crippen LogP contribution >= 0.6 is 0 Å². The molecule has 1 aromatic carbocycles. The molecule has 1 unspecified atom stereocenters. The van der Waals surface area contributed by atoms with E-state index in [1.807, 2.05) is 37.3 Å². The Morgan fingerprint density at radius 2 is 2.07 bits per heavy atom. The summed E-state index contributed by atoms with van der Waals surface area (Å²) in [5, 5.41) is 9.49. The van der Waals surface area contributed by atoms with Gasteiger partial charge >= 0.3 is 0 Å². The summed E-state index contributed by atoms with van der Waals surface area (Å²) in [5.74, 6) is 0.0652. The lowest BCUT2D eigenvalue weighted by Gasteiger charge is -2.17. The zero-order valence-electron chi connectivity index (χ0n) is 8.39. The number of ether oxygens (including phenoxy) is 1. The van der Waals surface area contributed by atoms with Gasteiger partial charge in [-0.05, 0) is 12.0 Å². The molecule has 0 radical (unpaired) electrons. The summed E-state index contributed by atoms with van der Waals surface area (Å²) < 4.78 is 4.90. The molecule has 0 aromatic heterocycles. The third-order valence-electron chi connectivity index (χ3n) is 2.12. The number of hydrogen-bond acceptors (Lipinski definition) is 2. The van der Waals surface area contributed by atoms with Crippen LogP contribution < -0.4 is 0 Å². The first-order valence-corrected chi connectivity index (χ1v) is 4.72. The second kappa shape index (κ2) is 5.45. The average molecular weight is 192 g/mol. The highest BCUT2D eigenvalue weighted by atomic mass is 16.6. The second-order valence-electron chi connectivity index (χ2n) is 3.36. The van der Waals surface area contributed by atoms with Crippen LogP contribution in [0.5, 0.6) is 0 Å². The summed E-state index contributed by atoms with van der Waals surface area (Å²) in [7, 11) is 0. The third-order valence-corrected chi connectivity index (χ3v) is 2.12. The fraction of sp³-hybridized carbons (Fsp3) is 0.333. The molecule has 76 valence electrons. The van der Waals surface area contributed by atoms with E-state index in [2.05, 4.69) is 6.58 Å². The van der Waals surface area contributed by atoms with E-state index in [9.17, 15) is 5.11 Å². The van der Waals surface area contributed by atoms with Crippen molar-refractivity contribution in [3.05, 3.63) is 48.7 Å². The van der Waals surface area contributed by atoms with Gasteiger partial charge in [-0.3, -0.25) is 0 Å². The van der Waals surface area contributed by atoms with Crippen molar-refractivity contribution < 1.29 is 9.84 Å². The van der Waals surface area contributed by atoms with Crippen LogP contribution in [0.3, 0.4) is 0 Å². The van der Waals surface area contributed by atoms with Gasteiger partial charge in [0.25, 0.3) is 0 Å². The Labute approximate surface area is 84.8 Å². The van der Waals surface area contributed by atoms with E-state index in [0.29, 0.717) is 0 Å². The van der Waals surface area contributed by atoms with Gasteiger partial charge < -0.3 is 9.84 Å². The molecule has 0 amide bonds. The van der Waals surface area contributed by atoms with Crippen LogP contribution in [0.15, 0.2) is 43.2 Å². The van der Waals surface area contributed by atoms with Crippen molar-refractivity contribution in [2.45, 2.75) is 19.6 Å². The third kappa shape index (κ3) is 3.23.